The molecule has 6 heteroatoms. The van der Waals surface area contributed by atoms with Crippen LogP contribution in [-0.2, 0) is 6.18 Å². The van der Waals surface area contributed by atoms with Gasteiger partial charge < -0.3 is 15.2 Å². The molecule has 1 aliphatic rings. The Morgan fingerprint density at radius 3 is 2.30 bits per heavy atom. The Balaban J connectivity index is 2.07. The first kappa shape index (κ1) is 12.7. The largest absolute Gasteiger partial charge is 0.454 e. The van der Waals surface area contributed by atoms with Crippen molar-refractivity contribution < 1.29 is 22.6 Å². The number of nitrogens with two attached hydrogens (primary N) is 1. The van der Waals surface area contributed by atoms with Gasteiger partial charge in [0.05, 0.1) is 5.56 Å². The van der Waals surface area contributed by atoms with Crippen molar-refractivity contribution in [2.45, 2.75) is 6.18 Å². The fourth-order valence-corrected chi connectivity index (χ4v) is 2.06. The zero-order chi connectivity index (χ0) is 14.3. The number of ether oxygens (including phenoxy) is 2. The Kier molecular flexibility index (Phi) is 2.74. The summed E-state index contributed by atoms with van der Waals surface area (Å²) in [7, 11) is 0. The fourth-order valence-electron chi connectivity index (χ4n) is 2.06. The molecule has 0 aromatic heterocycles. The molecule has 104 valence electrons. The maximum absolute atomic E-state index is 12.8. The van der Waals surface area contributed by atoms with Crippen molar-refractivity contribution in [1.29, 1.82) is 0 Å². The summed E-state index contributed by atoms with van der Waals surface area (Å²) in [5, 5.41) is 0. The number of halogens is 3. The Morgan fingerprint density at radius 2 is 1.55 bits per heavy atom. The third kappa shape index (κ3) is 2.13. The summed E-state index contributed by atoms with van der Waals surface area (Å²) in [4.78, 5) is 0. The average molecular weight is 281 g/mol. The Labute approximate surface area is 112 Å². The molecule has 0 unspecified atom stereocenters. The molecule has 3 rings (SSSR count). The van der Waals surface area contributed by atoms with E-state index in [1.807, 2.05) is 0 Å². The Bertz CT molecular complexity index is 668. The lowest BCUT2D eigenvalue weighted by molar-refractivity contribution is -0.136. The number of alkyl halides is 3. The molecule has 2 aromatic rings. The van der Waals surface area contributed by atoms with Crippen LogP contribution in [0.15, 0.2) is 36.4 Å². The van der Waals surface area contributed by atoms with Gasteiger partial charge >= 0.3 is 6.18 Å². The van der Waals surface area contributed by atoms with Crippen molar-refractivity contribution in [1.82, 2.24) is 0 Å². The number of hydrogen-bond donors (Lipinski definition) is 1. The first-order valence-corrected chi connectivity index (χ1v) is 5.82. The van der Waals surface area contributed by atoms with Crippen LogP contribution in [-0.4, -0.2) is 6.79 Å². The van der Waals surface area contributed by atoms with Gasteiger partial charge in [0.15, 0.2) is 11.5 Å². The predicted octanol–water partition coefficient (Wildman–Crippen LogP) is 3.68. The molecule has 0 saturated heterocycles. The summed E-state index contributed by atoms with van der Waals surface area (Å²) in [5.74, 6) is 1.10. The molecule has 0 atom stereocenters. The Hall–Kier alpha value is -2.37. The number of fused-ring (bicyclic) bond motifs is 1. The normalized spacial score (nSPS) is 13.6. The van der Waals surface area contributed by atoms with Crippen LogP contribution >= 0.6 is 0 Å². The molecule has 0 aliphatic carbocycles. The lowest BCUT2D eigenvalue weighted by Crippen LogP contribution is -2.08. The molecular formula is C14H10F3NO2. The van der Waals surface area contributed by atoms with Crippen molar-refractivity contribution in [2.24, 2.45) is 0 Å². The minimum atomic E-state index is -4.48. The minimum absolute atomic E-state index is 0.119. The van der Waals surface area contributed by atoms with E-state index in [-0.39, 0.29) is 12.5 Å². The molecule has 0 radical (unpaired) electrons. The molecule has 0 spiro atoms. The third-order valence-electron chi connectivity index (χ3n) is 3.06. The van der Waals surface area contributed by atoms with Crippen LogP contribution < -0.4 is 15.2 Å². The highest BCUT2D eigenvalue weighted by atomic mass is 19.4. The lowest BCUT2D eigenvalue weighted by Gasteiger charge is -2.12. The van der Waals surface area contributed by atoms with Crippen molar-refractivity contribution in [3.05, 3.63) is 42.0 Å². The van der Waals surface area contributed by atoms with E-state index in [0.717, 1.165) is 6.07 Å². The number of hydrogen-bond acceptors (Lipinski definition) is 3. The van der Waals surface area contributed by atoms with Crippen molar-refractivity contribution in [3.8, 4) is 22.6 Å². The quantitative estimate of drug-likeness (QED) is 0.811. The van der Waals surface area contributed by atoms with Gasteiger partial charge in [0.1, 0.15) is 0 Å². The van der Waals surface area contributed by atoms with Crippen LogP contribution in [0.3, 0.4) is 0 Å². The van der Waals surface area contributed by atoms with Crippen molar-refractivity contribution in [3.63, 3.8) is 0 Å². The maximum Gasteiger partial charge on any atom is 0.418 e. The number of anilines is 1. The van der Waals surface area contributed by atoms with E-state index in [2.05, 4.69) is 0 Å². The highest BCUT2D eigenvalue weighted by molar-refractivity contribution is 5.71. The predicted molar refractivity (Wildman–Crippen MR) is 67.4 cm³/mol. The zero-order valence-electron chi connectivity index (χ0n) is 10.2. The van der Waals surface area contributed by atoms with Gasteiger partial charge in [-0.05, 0) is 35.4 Å². The highest BCUT2D eigenvalue weighted by Gasteiger charge is 2.33. The molecule has 20 heavy (non-hydrogen) atoms. The standard InChI is InChI=1S/C14H10F3NO2/c15-14(16,17)10-5-8(1-3-11(10)18)9-2-4-12-13(6-9)20-7-19-12/h1-6H,7,18H2. The smallest absolute Gasteiger partial charge is 0.418 e. The van der Waals surface area contributed by atoms with E-state index in [1.165, 1.54) is 6.07 Å². The number of benzene rings is 2. The van der Waals surface area contributed by atoms with Crippen LogP contribution in [0, 0.1) is 0 Å². The summed E-state index contributed by atoms with van der Waals surface area (Å²) >= 11 is 0. The van der Waals surface area contributed by atoms with Crippen LogP contribution in [0.4, 0.5) is 18.9 Å². The van der Waals surface area contributed by atoms with Gasteiger partial charge in [0, 0.05) is 5.69 Å². The first-order chi connectivity index (χ1) is 9.45. The first-order valence-electron chi connectivity index (χ1n) is 5.82. The molecule has 0 amide bonds. The van der Waals surface area contributed by atoms with Crippen LogP contribution in [0.1, 0.15) is 5.56 Å². The zero-order valence-corrected chi connectivity index (χ0v) is 10.2. The van der Waals surface area contributed by atoms with Crippen LogP contribution in [0.25, 0.3) is 11.1 Å². The topological polar surface area (TPSA) is 44.5 Å². The second kappa shape index (κ2) is 4.33. The van der Waals surface area contributed by atoms with Gasteiger partial charge in [-0.3, -0.25) is 0 Å². The van der Waals surface area contributed by atoms with Crippen molar-refractivity contribution in [2.75, 3.05) is 12.5 Å². The molecule has 0 fully saturated rings. The monoisotopic (exact) mass is 281 g/mol. The van der Waals surface area contributed by atoms with Crippen molar-refractivity contribution >= 4 is 5.69 Å². The van der Waals surface area contributed by atoms with Gasteiger partial charge in [0.2, 0.25) is 6.79 Å². The minimum Gasteiger partial charge on any atom is -0.454 e. The summed E-state index contributed by atoms with van der Waals surface area (Å²) in [6, 6.07) is 8.83. The maximum atomic E-state index is 12.8. The molecule has 2 aromatic carbocycles. The van der Waals surface area contributed by atoms with Crippen LogP contribution in [0.2, 0.25) is 0 Å². The lowest BCUT2D eigenvalue weighted by atomic mass is 10.0. The van der Waals surface area contributed by atoms with Gasteiger partial charge in [0.25, 0.3) is 0 Å². The molecule has 1 heterocycles. The second-order valence-corrected chi connectivity index (χ2v) is 4.37. The highest BCUT2D eigenvalue weighted by Crippen LogP contribution is 2.39. The van der Waals surface area contributed by atoms with E-state index in [9.17, 15) is 13.2 Å². The molecule has 3 nitrogen and oxygen atoms in total. The number of nitrogen functional groups attached to an aromatic ring is 1. The number of rotatable bonds is 1. The summed E-state index contributed by atoms with van der Waals surface area (Å²) in [6.07, 6.45) is -4.48. The SMILES string of the molecule is Nc1ccc(-c2ccc3c(c2)OCO3)cc1C(F)(F)F. The fraction of sp³-hybridized carbons (Fsp3) is 0.143. The molecule has 2 N–H and O–H groups in total. The van der Waals surface area contributed by atoms with Gasteiger partial charge in [-0.25, -0.2) is 0 Å². The van der Waals surface area contributed by atoms with E-state index < -0.39 is 11.7 Å². The molecule has 0 bridgehead atoms. The van der Waals surface area contributed by atoms with Gasteiger partial charge in [-0.15, -0.1) is 0 Å². The summed E-state index contributed by atoms with van der Waals surface area (Å²) in [6.45, 7) is 0.119. The molecule has 0 saturated carbocycles. The second-order valence-electron chi connectivity index (χ2n) is 4.37. The summed E-state index contributed by atoms with van der Waals surface area (Å²) < 4.78 is 48.9. The van der Waals surface area contributed by atoms with E-state index >= 15 is 0 Å². The van der Waals surface area contributed by atoms with E-state index in [4.69, 9.17) is 15.2 Å². The molecular weight excluding hydrogens is 271 g/mol. The average Bonchev–Trinajstić information content (AvgIpc) is 2.85. The van der Waals surface area contributed by atoms with E-state index in [0.29, 0.717) is 22.6 Å². The molecule has 1 aliphatic heterocycles. The third-order valence-corrected chi connectivity index (χ3v) is 3.06. The van der Waals surface area contributed by atoms with Gasteiger partial charge in [-0.2, -0.15) is 13.2 Å². The van der Waals surface area contributed by atoms with E-state index in [1.54, 1.807) is 24.3 Å². The Morgan fingerprint density at radius 1 is 0.900 bits per heavy atom. The van der Waals surface area contributed by atoms with Gasteiger partial charge in [-0.1, -0.05) is 12.1 Å². The summed E-state index contributed by atoms with van der Waals surface area (Å²) in [5.41, 5.74) is 5.28. The van der Waals surface area contributed by atoms with Crippen LogP contribution in [0.5, 0.6) is 11.5 Å².